The normalized spacial score (nSPS) is 12.8. The molecule has 0 bridgehead atoms. The molecule has 0 aromatic heterocycles. The third-order valence-electron chi connectivity index (χ3n) is 3.05. The van der Waals surface area contributed by atoms with Crippen molar-refractivity contribution in [3.8, 4) is 0 Å². The van der Waals surface area contributed by atoms with Crippen LogP contribution in [0.5, 0.6) is 0 Å². The lowest BCUT2D eigenvalue weighted by Crippen LogP contribution is -2.17. The van der Waals surface area contributed by atoms with Crippen molar-refractivity contribution >= 4 is 0 Å². The van der Waals surface area contributed by atoms with Crippen molar-refractivity contribution < 1.29 is 4.39 Å². The fraction of sp³-hybridized carbons (Fsp3) is 0.571. The van der Waals surface area contributed by atoms with Gasteiger partial charge in [-0.15, -0.1) is 0 Å². The first kappa shape index (κ1) is 13.2. The van der Waals surface area contributed by atoms with Crippen LogP contribution in [0.3, 0.4) is 0 Å². The number of aryl methyl sites for hydroxylation is 1. The topological polar surface area (TPSA) is 12.0 Å². The Bertz CT molecular complexity index is 323. The van der Waals surface area contributed by atoms with Gasteiger partial charge in [-0.05, 0) is 43.7 Å². The Morgan fingerprint density at radius 3 is 2.62 bits per heavy atom. The lowest BCUT2D eigenvalue weighted by atomic mass is 9.96. The highest BCUT2D eigenvalue weighted by molar-refractivity contribution is 5.29. The summed E-state index contributed by atoms with van der Waals surface area (Å²) in [5.74, 6) is -0.148. The molecule has 0 saturated heterocycles. The van der Waals surface area contributed by atoms with Gasteiger partial charge in [0, 0.05) is 6.04 Å². The monoisotopic (exact) mass is 223 g/mol. The van der Waals surface area contributed by atoms with E-state index in [9.17, 15) is 4.39 Å². The molecular formula is C14H22FN. The molecule has 0 aliphatic rings. The Morgan fingerprint density at radius 2 is 2.06 bits per heavy atom. The van der Waals surface area contributed by atoms with E-state index >= 15 is 0 Å². The van der Waals surface area contributed by atoms with Gasteiger partial charge < -0.3 is 5.32 Å². The van der Waals surface area contributed by atoms with Gasteiger partial charge in [0.25, 0.3) is 0 Å². The lowest BCUT2D eigenvalue weighted by molar-refractivity contribution is 0.508. The first-order valence-corrected chi connectivity index (χ1v) is 6.12. The van der Waals surface area contributed by atoms with Crippen LogP contribution in [0.25, 0.3) is 0 Å². The summed E-state index contributed by atoms with van der Waals surface area (Å²) in [6.45, 7) is 4.18. The highest BCUT2D eigenvalue weighted by Crippen LogP contribution is 2.23. The van der Waals surface area contributed by atoms with E-state index in [0.717, 1.165) is 12.0 Å². The summed E-state index contributed by atoms with van der Waals surface area (Å²) in [5.41, 5.74) is 2.26. The number of nitrogens with one attached hydrogen (secondary N) is 1. The molecule has 0 saturated carbocycles. The van der Waals surface area contributed by atoms with Gasteiger partial charge in [0.15, 0.2) is 0 Å². The van der Waals surface area contributed by atoms with Crippen LogP contribution in [-0.4, -0.2) is 7.05 Å². The summed E-state index contributed by atoms with van der Waals surface area (Å²) in [7, 11) is 1.97. The Hall–Kier alpha value is -0.890. The SMILES string of the molecule is CCCCCC(NC)c1ccc(F)cc1C. The zero-order valence-electron chi connectivity index (χ0n) is 10.5. The third kappa shape index (κ3) is 3.60. The average molecular weight is 223 g/mol. The van der Waals surface area contributed by atoms with Crippen LogP contribution in [0.4, 0.5) is 4.39 Å². The van der Waals surface area contributed by atoms with Crippen molar-refractivity contribution in [1.82, 2.24) is 5.32 Å². The first-order valence-electron chi connectivity index (χ1n) is 6.12. The van der Waals surface area contributed by atoms with Gasteiger partial charge in [-0.2, -0.15) is 0 Å². The molecule has 0 radical (unpaired) electrons. The lowest BCUT2D eigenvalue weighted by Gasteiger charge is -2.18. The molecule has 90 valence electrons. The van der Waals surface area contributed by atoms with Crippen molar-refractivity contribution in [2.45, 2.75) is 45.6 Å². The van der Waals surface area contributed by atoms with Crippen molar-refractivity contribution in [2.75, 3.05) is 7.05 Å². The summed E-state index contributed by atoms with van der Waals surface area (Å²) >= 11 is 0. The van der Waals surface area contributed by atoms with Gasteiger partial charge >= 0.3 is 0 Å². The second kappa shape index (κ2) is 6.64. The molecule has 2 heteroatoms. The predicted octanol–water partition coefficient (Wildman–Crippen LogP) is 3.97. The largest absolute Gasteiger partial charge is 0.313 e. The number of benzene rings is 1. The van der Waals surface area contributed by atoms with Crippen LogP contribution in [0, 0.1) is 12.7 Å². The molecule has 0 aliphatic heterocycles. The smallest absolute Gasteiger partial charge is 0.123 e. The Kier molecular flexibility index (Phi) is 5.47. The quantitative estimate of drug-likeness (QED) is 0.719. The van der Waals surface area contributed by atoms with Gasteiger partial charge in [0.05, 0.1) is 0 Å². The zero-order valence-corrected chi connectivity index (χ0v) is 10.5. The summed E-state index contributed by atoms with van der Waals surface area (Å²) in [4.78, 5) is 0. The second-order valence-corrected chi connectivity index (χ2v) is 4.34. The molecule has 1 N–H and O–H groups in total. The fourth-order valence-electron chi connectivity index (χ4n) is 2.08. The van der Waals surface area contributed by atoms with Crippen molar-refractivity contribution in [2.24, 2.45) is 0 Å². The standard InChI is InChI=1S/C14H22FN/c1-4-5-6-7-14(16-3)13-9-8-12(15)10-11(13)2/h8-10,14,16H,4-7H2,1-3H3. The Balaban J connectivity index is 2.70. The van der Waals surface area contributed by atoms with Gasteiger partial charge in [0.2, 0.25) is 0 Å². The highest BCUT2D eigenvalue weighted by atomic mass is 19.1. The maximum atomic E-state index is 13.0. The summed E-state index contributed by atoms with van der Waals surface area (Å²) in [6, 6.07) is 5.41. The van der Waals surface area contributed by atoms with Crippen molar-refractivity contribution in [3.63, 3.8) is 0 Å². The molecule has 1 nitrogen and oxygen atoms in total. The predicted molar refractivity (Wildman–Crippen MR) is 67.1 cm³/mol. The molecule has 1 unspecified atom stereocenters. The second-order valence-electron chi connectivity index (χ2n) is 4.34. The van der Waals surface area contributed by atoms with Crippen LogP contribution < -0.4 is 5.32 Å². The minimum absolute atomic E-state index is 0.148. The molecule has 1 aromatic rings. The highest BCUT2D eigenvalue weighted by Gasteiger charge is 2.11. The number of unbranched alkanes of at least 4 members (excludes halogenated alkanes) is 2. The van der Waals surface area contributed by atoms with E-state index in [4.69, 9.17) is 0 Å². The number of rotatable bonds is 6. The van der Waals surface area contributed by atoms with E-state index < -0.39 is 0 Å². The zero-order chi connectivity index (χ0) is 12.0. The molecule has 0 fully saturated rings. The Morgan fingerprint density at radius 1 is 1.31 bits per heavy atom. The van der Waals surface area contributed by atoms with E-state index in [1.54, 1.807) is 12.1 Å². The number of hydrogen-bond acceptors (Lipinski definition) is 1. The average Bonchev–Trinajstić information content (AvgIpc) is 2.26. The maximum Gasteiger partial charge on any atom is 0.123 e. The van der Waals surface area contributed by atoms with Crippen molar-refractivity contribution in [3.05, 3.63) is 35.1 Å². The molecule has 1 atom stereocenters. The minimum Gasteiger partial charge on any atom is -0.313 e. The van der Waals surface area contributed by atoms with E-state index in [-0.39, 0.29) is 5.82 Å². The van der Waals surface area contributed by atoms with Crippen LogP contribution >= 0.6 is 0 Å². The van der Waals surface area contributed by atoms with Crippen LogP contribution in [-0.2, 0) is 0 Å². The van der Waals surface area contributed by atoms with Crippen molar-refractivity contribution in [1.29, 1.82) is 0 Å². The molecule has 1 rings (SSSR count). The summed E-state index contributed by atoms with van der Waals surface area (Å²) in [5, 5.41) is 3.32. The van der Waals surface area contributed by atoms with Gasteiger partial charge in [-0.25, -0.2) is 4.39 Å². The summed E-state index contributed by atoms with van der Waals surface area (Å²) < 4.78 is 13.0. The molecule has 16 heavy (non-hydrogen) atoms. The van der Waals surface area contributed by atoms with E-state index in [0.29, 0.717) is 6.04 Å². The number of hydrogen-bond donors (Lipinski definition) is 1. The molecule has 1 aromatic carbocycles. The molecule has 0 spiro atoms. The first-order chi connectivity index (χ1) is 7.69. The molecule has 0 aliphatic carbocycles. The van der Waals surface area contributed by atoms with Crippen LogP contribution in [0.1, 0.15) is 49.8 Å². The number of halogens is 1. The molecular weight excluding hydrogens is 201 g/mol. The van der Waals surface area contributed by atoms with Gasteiger partial charge in [0.1, 0.15) is 5.82 Å². The summed E-state index contributed by atoms with van der Waals surface area (Å²) in [6.07, 6.45) is 4.84. The molecule has 0 amide bonds. The molecule has 0 heterocycles. The van der Waals surface area contributed by atoms with Crippen LogP contribution in [0.2, 0.25) is 0 Å². The van der Waals surface area contributed by atoms with E-state index in [2.05, 4.69) is 12.2 Å². The fourth-order valence-corrected chi connectivity index (χ4v) is 2.08. The van der Waals surface area contributed by atoms with Gasteiger partial charge in [-0.1, -0.05) is 32.3 Å². The van der Waals surface area contributed by atoms with Crippen LogP contribution in [0.15, 0.2) is 18.2 Å². The maximum absolute atomic E-state index is 13.0. The third-order valence-corrected chi connectivity index (χ3v) is 3.05. The van der Waals surface area contributed by atoms with E-state index in [1.807, 2.05) is 20.0 Å². The minimum atomic E-state index is -0.148. The van der Waals surface area contributed by atoms with Gasteiger partial charge in [-0.3, -0.25) is 0 Å². The Labute approximate surface area is 98.1 Å². The van der Waals surface area contributed by atoms with E-state index in [1.165, 1.54) is 24.8 Å².